The SMILES string of the molecule is COc1ccc(OC)c2c1CN(Cc1csc(-c3ccco3)n1)CC2O. The lowest BCUT2D eigenvalue weighted by atomic mass is 9.95. The molecule has 1 aliphatic rings. The topological polar surface area (TPSA) is 68.0 Å². The molecule has 7 heteroatoms. The number of β-amino-alcohol motifs (C(OH)–C–C–N with tert-alkyl or cyclic N) is 1. The first kappa shape index (κ1) is 17.1. The summed E-state index contributed by atoms with van der Waals surface area (Å²) >= 11 is 1.56. The Morgan fingerprint density at radius 3 is 2.81 bits per heavy atom. The number of aromatic nitrogens is 1. The molecule has 26 heavy (non-hydrogen) atoms. The highest BCUT2D eigenvalue weighted by Crippen LogP contribution is 2.39. The third-order valence-corrected chi connectivity index (χ3v) is 5.43. The van der Waals surface area contributed by atoms with Crippen molar-refractivity contribution in [3.8, 4) is 22.3 Å². The minimum Gasteiger partial charge on any atom is -0.496 e. The number of aliphatic hydroxyl groups is 1. The molecule has 6 nitrogen and oxygen atoms in total. The van der Waals surface area contributed by atoms with Crippen molar-refractivity contribution < 1.29 is 19.0 Å². The Kier molecular flexibility index (Phi) is 4.67. The van der Waals surface area contributed by atoms with Crippen LogP contribution in [0.5, 0.6) is 11.5 Å². The number of rotatable bonds is 5. The molecule has 0 aliphatic carbocycles. The van der Waals surface area contributed by atoms with Crippen molar-refractivity contribution in [2.75, 3.05) is 20.8 Å². The van der Waals surface area contributed by atoms with E-state index < -0.39 is 6.10 Å². The third kappa shape index (κ3) is 3.09. The van der Waals surface area contributed by atoms with Crippen LogP contribution < -0.4 is 9.47 Å². The molecule has 0 amide bonds. The molecular weight excluding hydrogens is 352 g/mol. The van der Waals surface area contributed by atoms with Crippen LogP contribution in [0.1, 0.15) is 22.9 Å². The van der Waals surface area contributed by atoms with Gasteiger partial charge in [0.1, 0.15) is 11.5 Å². The maximum atomic E-state index is 10.7. The minimum atomic E-state index is -0.632. The molecule has 0 saturated carbocycles. The molecule has 1 N–H and O–H groups in total. The predicted molar refractivity (Wildman–Crippen MR) is 98.4 cm³/mol. The Morgan fingerprint density at radius 1 is 1.27 bits per heavy atom. The van der Waals surface area contributed by atoms with E-state index in [1.54, 1.807) is 31.8 Å². The Morgan fingerprint density at radius 2 is 2.08 bits per heavy atom. The molecular formula is C19H20N2O4S. The quantitative estimate of drug-likeness (QED) is 0.740. The van der Waals surface area contributed by atoms with Crippen LogP contribution in [-0.4, -0.2) is 35.8 Å². The largest absolute Gasteiger partial charge is 0.496 e. The summed E-state index contributed by atoms with van der Waals surface area (Å²) in [6, 6.07) is 7.48. The molecule has 1 aromatic carbocycles. The number of benzene rings is 1. The van der Waals surface area contributed by atoms with Crippen molar-refractivity contribution in [1.82, 2.24) is 9.88 Å². The van der Waals surface area contributed by atoms with Gasteiger partial charge in [-0.05, 0) is 24.3 Å². The van der Waals surface area contributed by atoms with E-state index in [9.17, 15) is 5.11 Å². The van der Waals surface area contributed by atoms with Crippen molar-refractivity contribution in [1.29, 1.82) is 0 Å². The van der Waals surface area contributed by atoms with Crippen LogP contribution in [0, 0.1) is 0 Å². The van der Waals surface area contributed by atoms with Gasteiger partial charge in [-0.1, -0.05) is 0 Å². The Balaban J connectivity index is 1.57. The van der Waals surface area contributed by atoms with E-state index in [2.05, 4.69) is 9.88 Å². The Hall–Kier alpha value is -2.35. The number of aliphatic hydroxyl groups excluding tert-OH is 1. The van der Waals surface area contributed by atoms with E-state index in [0.717, 1.165) is 33.3 Å². The fraction of sp³-hybridized carbons (Fsp3) is 0.316. The van der Waals surface area contributed by atoms with Gasteiger partial charge >= 0.3 is 0 Å². The van der Waals surface area contributed by atoms with Crippen LogP contribution in [0.3, 0.4) is 0 Å². The number of methoxy groups -OCH3 is 2. The molecule has 0 spiro atoms. The summed E-state index contributed by atoms with van der Waals surface area (Å²) in [5.74, 6) is 2.23. The van der Waals surface area contributed by atoms with Gasteiger partial charge in [-0.2, -0.15) is 0 Å². The number of hydrogen-bond donors (Lipinski definition) is 1. The fourth-order valence-electron chi connectivity index (χ4n) is 3.39. The minimum absolute atomic E-state index is 0.518. The molecule has 0 radical (unpaired) electrons. The van der Waals surface area contributed by atoms with Gasteiger partial charge in [-0.3, -0.25) is 4.90 Å². The zero-order valence-corrected chi connectivity index (χ0v) is 15.5. The number of fused-ring (bicyclic) bond motifs is 1. The summed E-state index contributed by atoms with van der Waals surface area (Å²) in [5.41, 5.74) is 2.74. The maximum Gasteiger partial charge on any atom is 0.162 e. The molecule has 3 aromatic rings. The molecule has 2 aromatic heterocycles. The van der Waals surface area contributed by atoms with Crippen LogP contribution in [-0.2, 0) is 13.1 Å². The second kappa shape index (κ2) is 7.11. The highest BCUT2D eigenvalue weighted by atomic mass is 32.1. The van der Waals surface area contributed by atoms with E-state index in [-0.39, 0.29) is 0 Å². The maximum absolute atomic E-state index is 10.7. The van der Waals surface area contributed by atoms with Crippen LogP contribution >= 0.6 is 11.3 Å². The fourth-order valence-corrected chi connectivity index (χ4v) is 4.16. The Labute approximate surface area is 155 Å². The van der Waals surface area contributed by atoms with Crippen LogP contribution in [0.2, 0.25) is 0 Å². The van der Waals surface area contributed by atoms with Crippen LogP contribution in [0.4, 0.5) is 0 Å². The number of nitrogens with zero attached hydrogens (tertiary/aromatic N) is 2. The van der Waals surface area contributed by atoms with Crippen molar-refractivity contribution in [2.24, 2.45) is 0 Å². The monoisotopic (exact) mass is 372 g/mol. The lowest BCUT2D eigenvalue weighted by Crippen LogP contribution is -2.33. The lowest BCUT2D eigenvalue weighted by Gasteiger charge is -2.33. The van der Waals surface area contributed by atoms with Crippen molar-refractivity contribution in [3.05, 3.63) is 52.7 Å². The van der Waals surface area contributed by atoms with Gasteiger partial charge in [0.2, 0.25) is 0 Å². The standard InChI is InChI=1S/C19H20N2O4S/c1-23-15-5-6-16(24-2)18-13(15)9-21(10-14(18)22)8-12-11-26-19(20-12)17-4-3-7-25-17/h3-7,11,14,22H,8-10H2,1-2H3. The molecule has 0 saturated heterocycles. The molecule has 3 heterocycles. The summed E-state index contributed by atoms with van der Waals surface area (Å²) in [7, 11) is 3.26. The smallest absolute Gasteiger partial charge is 0.162 e. The van der Waals surface area contributed by atoms with E-state index in [4.69, 9.17) is 13.9 Å². The Bertz CT molecular complexity index is 891. The first-order chi connectivity index (χ1) is 12.7. The number of furan rings is 1. The molecule has 1 unspecified atom stereocenters. The summed E-state index contributed by atoms with van der Waals surface area (Å²) < 4.78 is 16.3. The van der Waals surface area contributed by atoms with Crippen molar-refractivity contribution in [2.45, 2.75) is 19.2 Å². The van der Waals surface area contributed by atoms with E-state index in [1.165, 1.54) is 0 Å². The van der Waals surface area contributed by atoms with Gasteiger partial charge in [0.05, 0.1) is 32.3 Å². The van der Waals surface area contributed by atoms with E-state index in [0.29, 0.717) is 25.4 Å². The molecule has 1 aliphatic heterocycles. The van der Waals surface area contributed by atoms with E-state index >= 15 is 0 Å². The average molecular weight is 372 g/mol. The summed E-state index contributed by atoms with van der Waals surface area (Å²) in [6.45, 7) is 1.83. The highest BCUT2D eigenvalue weighted by Gasteiger charge is 2.30. The van der Waals surface area contributed by atoms with Crippen molar-refractivity contribution >= 4 is 11.3 Å². The predicted octanol–water partition coefficient (Wildman–Crippen LogP) is 3.47. The summed E-state index contributed by atoms with van der Waals surface area (Å²) in [4.78, 5) is 6.81. The first-order valence-corrected chi connectivity index (χ1v) is 9.20. The zero-order chi connectivity index (χ0) is 18.1. The summed E-state index contributed by atoms with van der Waals surface area (Å²) in [5, 5.41) is 13.6. The van der Waals surface area contributed by atoms with Crippen LogP contribution in [0.25, 0.3) is 10.8 Å². The first-order valence-electron chi connectivity index (χ1n) is 8.32. The highest BCUT2D eigenvalue weighted by molar-refractivity contribution is 7.13. The summed E-state index contributed by atoms with van der Waals surface area (Å²) in [6.07, 6.45) is 1.01. The molecule has 0 fully saturated rings. The number of thiazole rings is 1. The molecule has 1 atom stereocenters. The van der Waals surface area contributed by atoms with Gasteiger partial charge in [0, 0.05) is 36.1 Å². The normalized spacial score (nSPS) is 17.1. The van der Waals surface area contributed by atoms with Gasteiger partial charge in [-0.15, -0.1) is 11.3 Å². The van der Waals surface area contributed by atoms with Gasteiger partial charge in [0.15, 0.2) is 10.8 Å². The second-order valence-corrected chi connectivity index (χ2v) is 7.03. The van der Waals surface area contributed by atoms with Crippen LogP contribution in [0.15, 0.2) is 40.3 Å². The molecule has 4 rings (SSSR count). The average Bonchev–Trinajstić information content (AvgIpc) is 3.32. The van der Waals surface area contributed by atoms with Crippen molar-refractivity contribution in [3.63, 3.8) is 0 Å². The molecule has 0 bridgehead atoms. The van der Waals surface area contributed by atoms with E-state index in [1.807, 2.05) is 29.6 Å². The number of hydrogen-bond acceptors (Lipinski definition) is 7. The lowest BCUT2D eigenvalue weighted by molar-refractivity contribution is 0.0837. The van der Waals surface area contributed by atoms with Gasteiger partial charge in [0.25, 0.3) is 0 Å². The van der Waals surface area contributed by atoms with Gasteiger partial charge < -0.3 is 19.0 Å². The number of ether oxygens (including phenoxy) is 2. The molecule has 136 valence electrons. The zero-order valence-electron chi connectivity index (χ0n) is 14.6. The van der Waals surface area contributed by atoms with Gasteiger partial charge in [-0.25, -0.2) is 4.98 Å². The third-order valence-electron chi connectivity index (χ3n) is 4.53. The second-order valence-electron chi connectivity index (χ2n) is 6.17.